The van der Waals surface area contributed by atoms with Crippen LogP contribution in [0.5, 0.6) is 0 Å². The molecule has 1 saturated heterocycles. The molecule has 0 spiro atoms. The number of nitrogens with zero attached hydrogens (tertiary/aromatic N) is 3. The maximum atomic E-state index is 10.9. The summed E-state index contributed by atoms with van der Waals surface area (Å²) in [5.41, 5.74) is 2.07. The molecule has 0 saturated carbocycles. The van der Waals surface area contributed by atoms with Crippen LogP contribution in [0.1, 0.15) is 12.5 Å². The van der Waals surface area contributed by atoms with Crippen molar-refractivity contribution >= 4 is 22.4 Å². The number of non-ortho nitro benzene ring substituents is 1. The van der Waals surface area contributed by atoms with E-state index in [0.717, 1.165) is 54.9 Å². The van der Waals surface area contributed by atoms with Crippen molar-refractivity contribution in [1.29, 1.82) is 0 Å². The highest BCUT2D eigenvalue weighted by molar-refractivity contribution is 5.84. The molecule has 2 heterocycles. The van der Waals surface area contributed by atoms with Crippen molar-refractivity contribution in [2.45, 2.75) is 13.3 Å². The lowest BCUT2D eigenvalue weighted by atomic mass is 10.1. The van der Waals surface area contributed by atoms with E-state index in [9.17, 15) is 10.1 Å². The number of benzene rings is 1. The molecule has 21 heavy (non-hydrogen) atoms. The zero-order valence-corrected chi connectivity index (χ0v) is 12.0. The Balaban J connectivity index is 2.08. The first-order valence-corrected chi connectivity index (χ1v) is 7.23. The van der Waals surface area contributed by atoms with Crippen LogP contribution >= 0.6 is 0 Å². The van der Waals surface area contributed by atoms with Crippen LogP contribution in [0.15, 0.2) is 24.3 Å². The largest absolute Gasteiger partial charge is 0.354 e. The van der Waals surface area contributed by atoms with E-state index in [4.69, 9.17) is 4.98 Å². The van der Waals surface area contributed by atoms with E-state index in [1.807, 2.05) is 6.07 Å². The average molecular weight is 286 g/mol. The number of fused-ring (bicyclic) bond motifs is 1. The number of hydrogen-bond donors (Lipinski definition) is 1. The van der Waals surface area contributed by atoms with E-state index in [0.29, 0.717) is 0 Å². The minimum absolute atomic E-state index is 0.112. The van der Waals surface area contributed by atoms with Crippen molar-refractivity contribution in [1.82, 2.24) is 10.3 Å². The number of nitro groups is 1. The Morgan fingerprint density at radius 1 is 1.33 bits per heavy atom. The molecule has 1 aliphatic rings. The summed E-state index contributed by atoms with van der Waals surface area (Å²) in [6.07, 6.45) is 0.866. The van der Waals surface area contributed by atoms with Crippen LogP contribution in [-0.4, -0.2) is 36.1 Å². The van der Waals surface area contributed by atoms with Crippen molar-refractivity contribution < 1.29 is 4.92 Å². The number of anilines is 1. The van der Waals surface area contributed by atoms with Gasteiger partial charge in [-0.1, -0.05) is 6.92 Å². The molecule has 1 aromatic heterocycles. The van der Waals surface area contributed by atoms with Gasteiger partial charge in [-0.05, 0) is 24.1 Å². The van der Waals surface area contributed by atoms with E-state index in [-0.39, 0.29) is 10.6 Å². The number of piperazine rings is 1. The van der Waals surface area contributed by atoms with Gasteiger partial charge < -0.3 is 10.2 Å². The van der Waals surface area contributed by atoms with Crippen molar-refractivity contribution in [3.8, 4) is 0 Å². The minimum Gasteiger partial charge on any atom is -0.354 e. The van der Waals surface area contributed by atoms with Gasteiger partial charge in [-0.15, -0.1) is 0 Å². The molecule has 2 aromatic rings. The lowest BCUT2D eigenvalue weighted by molar-refractivity contribution is -0.384. The van der Waals surface area contributed by atoms with E-state index < -0.39 is 0 Å². The zero-order valence-electron chi connectivity index (χ0n) is 12.0. The van der Waals surface area contributed by atoms with E-state index in [1.165, 1.54) is 6.07 Å². The van der Waals surface area contributed by atoms with Crippen LogP contribution in [0, 0.1) is 10.1 Å². The fraction of sp³-hybridized carbons (Fsp3) is 0.400. The van der Waals surface area contributed by atoms with E-state index in [2.05, 4.69) is 17.1 Å². The molecule has 1 aromatic carbocycles. The summed E-state index contributed by atoms with van der Waals surface area (Å²) >= 11 is 0. The first-order valence-electron chi connectivity index (χ1n) is 7.23. The topological polar surface area (TPSA) is 71.3 Å². The highest BCUT2D eigenvalue weighted by Gasteiger charge is 2.17. The summed E-state index contributed by atoms with van der Waals surface area (Å²) in [5.74, 6) is 1.01. The molecular formula is C15H18N4O2. The van der Waals surface area contributed by atoms with Crippen LogP contribution in [0.2, 0.25) is 0 Å². The van der Waals surface area contributed by atoms with Crippen molar-refractivity contribution in [2.24, 2.45) is 0 Å². The Kier molecular flexibility index (Phi) is 3.70. The Morgan fingerprint density at radius 3 is 2.76 bits per heavy atom. The van der Waals surface area contributed by atoms with Crippen molar-refractivity contribution in [3.63, 3.8) is 0 Å². The predicted molar refractivity (Wildman–Crippen MR) is 82.9 cm³/mol. The van der Waals surface area contributed by atoms with Crippen LogP contribution in [0.3, 0.4) is 0 Å². The van der Waals surface area contributed by atoms with Crippen molar-refractivity contribution in [3.05, 3.63) is 39.9 Å². The first kappa shape index (κ1) is 13.8. The maximum absolute atomic E-state index is 10.9. The Hall–Kier alpha value is -2.21. The molecule has 0 bridgehead atoms. The Bertz CT molecular complexity index is 681. The number of rotatable bonds is 3. The number of hydrogen-bond acceptors (Lipinski definition) is 5. The summed E-state index contributed by atoms with van der Waals surface area (Å²) in [5, 5.41) is 15.1. The van der Waals surface area contributed by atoms with E-state index in [1.54, 1.807) is 12.1 Å². The SMILES string of the molecule is CCc1cc2cc([N+](=O)[O-])ccc2nc1N1CCNCC1. The lowest BCUT2D eigenvalue weighted by Gasteiger charge is -2.30. The smallest absolute Gasteiger partial charge is 0.270 e. The summed E-state index contributed by atoms with van der Waals surface area (Å²) in [7, 11) is 0. The molecular weight excluding hydrogens is 268 g/mol. The molecule has 3 rings (SSSR count). The van der Waals surface area contributed by atoms with Gasteiger partial charge in [0, 0.05) is 43.7 Å². The molecule has 1 N–H and O–H groups in total. The van der Waals surface area contributed by atoms with Gasteiger partial charge in [0.15, 0.2) is 0 Å². The second kappa shape index (κ2) is 5.65. The van der Waals surface area contributed by atoms with Gasteiger partial charge in [0.1, 0.15) is 5.82 Å². The van der Waals surface area contributed by atoms with Gasteiger partial charge in [-0.25, -0.2) is 4.98 Å². The summed E-state index contributed by atoms with van der Waals surface area (Å²) in [6.45, 7) is 5.90. The third kappa shape index (κ3) is 2.67. The molecule has 0 atom stereocenters. The molecule has 0 radical (unpaired) electrons. The van der Waals surface area contributed by atoms with Gasteiger partial charge in [0.25, 0.3) is 5.69 Å². The molecule has 1 fully saturated rings. The highest BCUT2D eigenvalue weighted by Crippen LogP contribution is 2.27. The molecule has 110 valence electrons. The first-order chi connectivity index (χ1) is 10.2. The second-order valence-corrected chi connectivity index (χ2v) is 5.20. The molecule has 0 unspecified atom stereocenters. The quantitative estimate of drug-likeness (QED) is 0.691. The van der Waals surface area contributed by atoms with Gasteiger partial charge in [-0.3, -0.25) is 10.1 Å². The molecule has 1 aliphatic heterocycles. The summed E-state index contributed by atoms with van der Waals surface area (Å²) in [6, 6.07) is 6.89. The molecule has 0 amide bonds. The van der Waals surface area contributed by atoms with E-state index >= 15 is 0 Å². The number of nitro benzene ring substituents is 1. The third-order valence-electron chi connectivity index (χ3n) is 3.86. The number of pyridine rings is 1. The minimum atomic E-state index is -0.366. The fourth-order valence-electron chi connectivity index (χ4n) is 2.72. The predicted octanol–water partition coefficient (Wildman–Crippen LogP) is 2.11. The summed E-state index contributed by atoms with van der Waals surface area (Å²) in [4.78, 5) is 17.6. The normalized spacial score (nSPS) is 15.4. The van der Waals surface area contributed by atoms with Gasteiger partial charge >= 0.3 is 0 Å². The average Bonchev–Trinajstić information content (AvgIpc) is 2.53. The molecule has 6 nitrogen and oxygen atoms in total. The Morgan fingerprint density at radius 2 is 2.10 bits per heavy atom. The summed E-state index contributed by atoms with van der Waals surface area (Å²) < 4.78 is 0. The van der Waals surface area contributed by atoms with Gasteiger partial charge in [-0.2, -0.15) is 0 Å². The monoisotopic (exact) mass is 286 g/mol. The van der Waals surface area contributed by atoms with Crippen LogP contribution in [0.4, 0.5) is 11.5 Å². The second-order valence-electron chi connectivity index (χ2n) is 5.20. The third-order valence-corrected chi connectivity index (χ3v) is 3.86. The maximum Gasteiger partial charge on any atom is 0.270 e. The van der Waals surface area contributed by atoms with Crippen LogP contribution in [0.25, 0.3) is 10.9 Å². The van der Waals surface area contributed by atoms with Crippen molar-refractivity contribution in [2.75, 3.05) is 31.1 Å². The van der Waals surface area contributed by atoms with Crippen LogP contribution in [-0.2, 0) is 6.42 Å². The molecule has 0 aliphatic carbocycles. The van der Waals surface area contributed by atoms with Crippen LogP contribution < -0.4 is 10.2 Å². The number of aryl methyl sites for hydroxylation is 1. The highest BCUT2D eigenvalue weighted by atomic mass is 16.6. The van der Waals surface area contributed by atoms with Gasteiger partial charge in [0.2, 0.25) is 0 Å². The molecule has 6 heteroatoms. The fourth-order valence-corrected chi connectivity index (χ4v) is 2.72. The Labute approximate surface area is 122 Å². The zero-order chi connectivity index (χ0) is 14.8. The number of aromatic nitrogens is 1. The standard InChI is InChI=1S/C15H18N4O2/c1-2-11-9-12-10-13(19(20)21)3-4-14(12)17-15(11)18-7-5-16-6-8-18/h3-4,9-10,16H,2,5-8H2,1H3. The lowest BCUT2D eigenvalue weighted by Crippen LogP contribution is -2.44. The number of nitrogens with one attached hydrogen (secondary N) is 1. The van der Waals surface area contributed by atoms with Gasteiger partial charge in [0.05, 0.1) is 10.4 Å².